The van der Waals surface area contributed by atoms with Gasteiger partial charge in [0.25, 0.3) is 0 Å². The average Bonchev–Trinajstić information content (AvgIpc) is 2.23. The Morgan fingerprint density at radius 3 is 2.67 bits per heavy atom. The second-order valence-corrected chi connectivity index (χ2v) is 4.97. The fourth-order valence-corrected chi connectivity index (χ4v) is 2.32. The van der Waals surface area contributed by atoms with Crippen LogP contribution in [0.15, 0.2) is 23.1 Å². The van der Waals surface area contributed by atoms with Crippen LogP contribution in [0.2, 0.25) is 0 Å². The SMILES string of the molecule is CCNCCCSc1ccc(C)c(C)c1. The van der Waals surface area contributed by atoms with Crippen molar-refractivity contribution < 1.29 is 0 Å². The topological polar surface area (TPSA) is 12.0 Å². The van der Waals surface area contributed by atoms with E-state index in [4.69, 9.17) is 0 Å². The molecule has 0 fully saturated rings. The molecule has 1 nitrogen and oxygen atoms in total. The lowest BCUT2D eigenvalue weighted by molar-refractivity contribution is 0.707. The van der Waals surface area contributed by atoms with Crippen LogP contribution in [0.4, 0.5) is 0 Å². The highest BCUT2D eigenvalue weighted by Crippen LogP contribution is 2.21. The number of rotatable bonds is 6. The lowest BCUT2D eigenvalue weighted by Crippen LogP contribution is -2.14. The minimum Gasteiger partial charge on any atom is -0.317 e. The van der Waals surface area contributed by atoms with Crippen molar-refractivity contribution in [3.05, 3.63) is 29.3 Å². The van der Waals surface area contributed by atoms with Crippen molar-refractivity contribution in [3.63, 3.8) is 0 Å². The van der Waals surface area contributed by atoms with Gasteiger partial charge in [-0.2, -0.15) is 0 Å². The van der Waals surface area contributed by atoms with Gasteiger partial charge in [0.15, 0.2) is 0 Å². The summed E-state index contributed by atoms with van der Waals surface area (Å²) in [5.74, 6) is 1.20. The number of thioether (sulfide) groups is 1. The van der Waals surface area contributed by atoms with Gasteiger partial charge >= 0.3 is 0 Å². The molecular formula is C13H21NS. The number of hydrogen-bond acceptors (Lipinski definition) is 2. The Balaban J connectivity index is 2.28. The summed E-state index contributed by atoms with van der Waals surface area (Å²) in [5.41, 5.74) is 2.78. The largest absolute Gasteiger partial charge is 0.317 e. The lowest BCUT2D eigenvalue weighted by Gasteiger charge is -2.05. The normalized spacial score (nSPS) is 10.6. The van der Waals surface area contributed by atoms with Crippen molar-refractivity contribution in [1.82, 2.24) is 5.32 Å². The summed E-state index contributed by atoms with van der Waals surface area (Å²) in [6.07, 6.45) is 1.24. The van der Waals surface area contributed by atoms with Crippen molar-refractivity contribution in [2.24, 2.45) is 0 Å². The molecule has 84 valence electrons. The number of nitrogens with one attached hydrogen (secondary N) is 1. The van der Waals surface area contributed by atoms with E-state index in [0.717, 1.165) is 13.1 Å². The standard InChI is InChI=1S/C13H21NS/c1-4-14-8-5-9-15-13-7-6-11(2)12(3)10-13/h6-7,10,14H,4-5,8-9H2,1-3H3. The Bertz CT molecular complexity index is 297. The zero-order valence-electron chi connectivity index (χ0n) is 9.97. The van der Waals surface area contributed by atoms with Crippen LogP contribution in [0.3, 0.4) is 0 Å². The van der Waals surface area contributed by atoms with Crippen LogP contribution in [-0.4, -0.2) is 18.8 Å². The van der Waals surface area contributed by atoms with E-state index < -0.39 is 0 Å². The molecule has 0 bridgehead atoms. The van der Waals surface area contributed by atoms with Crippen LogP contribution in [0.1, 0.15) is 24.5 Å². The third-order valence-corrected chi connectivity index (χ3v) is 3.58. The second kappa shape index (κ2) is 6.91. The van der Waals surface area contributed by atoms with Crippen LogP contribution >= 0.6 is 11.8 Å². The molecule has 1 N–H and O–H groups in total. The molecule has 0 spiro atoms. The first-order valence-electron chi connectivity index (χ1n) is 5.65. The molecule has 15 heavy (non-hydrogen) atoms. The maximum Gasteiger partial charge on any atom is 0.00747 e. The zero-order chi connectivity index (χ0) is 11.1. The number of benzene rings is 1. The summed E-state index contributed by atoms with van der Waals surface area (Å²) >= 11 is 1.95. The van der Waals surface area contributed by atoms with Gasteiger partial charge in [0.2, 0.25) is 0 Å². The molecule has 1 aromatic rings. The van der Waals surface area contributed by atoms with Gasteiger partial charge < -0.3 is 5.32 Å². The van der Waals surface area contributed by atoms with Crippen molar-refractivity contribution in [1.29, 1.82) is 0 Å². The molecule has 1 aromatic carbocycles. The van der Waals surface area contributed by atoms with Gasteiger partial charge in [-0.05, 0) is 62.4 Å². The van der Waals surface area contributed by atoms with E-state index in [-0.39, 0.29) is 0 Å². The summed E-state index contributed by atoms with van der Waals surface area (Å²) in [6.45, 7) is 8.70. The molecule has 0 heterocycles. The quantitative estimate of drug-likeness (QED) is 0.586. The van der Waals surface area contributed by atoms with Crippen molar-refractivity contribution >= 4 is 11.8 Å². The Hall–Kier alpha value is -0.470. The van der Waals surface area contributed by atoms with Gasteiger partial charge in [0.1, 0.15) is 0 Å². The Labute approximate surface area is 97.7 Å². The van der Waals surface area contributed by atoms with Gasteiger partial charge in [0.05, 0.1) is 0 Å². The first kappa shape index (κ1) is 12.6. The summed E-state index contributed by atoms with van der Waals surface area (Å²) in [5, 5.41) is 3.34. The van der Waals surface area contributed by atoms with E-state index >= 15 is 0 Å². The van der Waals surface area contributed by atoms with Gasteiger partial charge in [0, 0.05) is 4.90 Å². The van der Waals surface area contributed by atoms with Gasteiger partial charge in [-0.25, -0.2) is 0 Å². The Morgan fingerprint density at radius 2 is 2.00 bits per heavy atom. The summed E-state index contributed by atoms with van der Waals surface area (Å²) in [7, 11) is 0. The van der Waals surface area contributed by atoms with E-state index in [0.29, 0.717) is 0 Å². The highest BCUT2D eigenvalue weighted by Gasteiger charge is 1.96. The minimum absolute atomic E-state index is 1.08. The molecule has 0 aliphatic heterocycles. The fraction of sp³-hybridized carbons (Fsp3) is 0.538. The molecule has 0 aliphatic rings. The third kappa shape index (κ3) is 4.72. The van der Waals surface area contributed by atoms with Crippen molar-refractivity contribution in [3.8, 4) is 0 Å². The number of hydrogen-bond donors (Lipinski definition) is 1. The summed E-state index contributed by atoms with van der Waals surface area (Å²) < 4.78 is 0. The van der Waals surface area contributed by atoms with E-state index in [2.05, 4.69) is 44.3 Å². The smallest absolute Gasteiger partial charge is 0.00747 e. The van der Waals surface area contributed by atoms with Crippen LogP contribution < -0.4 is 5.32 Å². The third-order valence-electron chi connectivity index (χ3n) is 2.49. The second-order valence-electron chi connectivity index (χ2n) is 3.80. The maximum atomic E-state index is 3.34. The van der Waals surface area contributed by atoms with Crippen LogP contribution in [0.5, 0.6) is 0 Å². The molecule has 1 rings (SSSR count). The summed E-state index contributed by atoms with van der Waals surface area (Å²) in [6, 6.07) is 6.72. The average molecular weight is 223 g/mol. The first-order chi connectivity index (χ1) is 7.24. The summed E-state index contributed by atoms with van der Waals surface area (Å²) in [4.78, 5) is 1.40. The maximum absolute atomic E-state index is 3.34. The molecule has 0 amide bonds. The Morgan fingerprint density at radius 1 is 1.20 bits per heavy atom. The minimum atomic E-state index is 1.08. The van der Waals surface area contributed by atoms with E-state index in [1.54, 1.807) is 0 Å². The van der Waals surface area contributed by atoms with Crippen LogP contribution in [0.25, 0.3) is 0 Å². The molecule has 0 aromatic heterocycles. The van der Waals surface area contributed by atoms with Crippen molar-refractivity contribution in [2.75, 3.05) is 18.8 Å². The monoisotopic (exact) mass is 223 g/mol. The molecular weight excluding hydrogens is 202 g/mol. The van der Waals surface area contributed by atoms with Gasteiger partial charge in [-0.1, -0.05) is 13.0 Å². The highest BCUT2D eigenvalue weighted by atomic mass is 32.2. The lowest BCUT2D eigenvalue weighted by atomic mass is 10.1. The van der Waals surface area contributed by atoms with Gasteiger partial charge in [-0.15, -0.1) is 11.8 Å². The molecule has 2 heteroatoms. The molecule has 0 saturated heterocycles. The van der Waals surface area contributed by atoms with Gasteiger partial charge in [-0.3, -0.25) is 0 Å². The molecule has 0 aliphatic carbocycles. The molecule has 0 unspecified atom stereocenters. The first-order valence-corrected chi connectivity index (χ1v) is 6.63. The van der Waals surface area contributed by atoms with E-state index in [9.17, 15) is 0 Å². The van der Waals surface area contributed by atoms with E-state index in [1.807, 2.05) is 11.8 Å². The predicted molar refractivity (Wildman–Crippen MR) is 69.8 cm³/mol. The Kier molecular flexibility index (Phi) is 5.81. The molecule has 0 saturated carbocycles. The zero-order valence-corrected chi connectivity index (χ0v) is 10.8. The molecule has 0 atom stereocenters. The fourth-order valence-electron chi connectivity index (χ4n) is 1.37. The molecule has 0 radical (unpaired) electrons. The highest BCUT2D eigenvalue weighted by molar-refractivity contribution is 7.99. The van der Waals surface area contributed by atoms with Crippen LogP contribution in [0, 0.1) is 13.8 Å². The predicted octanol–water partition coefficient (Wildman–Crippen LogP) is 3.40. The van der Waals surface area contributed by atoms with Crippen LogP contribution in [-0.2, 0) is 0 Å². The van der Waals surface area contributed by atoms with E-state index in [1.165, 1.54) is 28.2 Å². The van der Waals surface area contributed by atoms with Crippen molar-refractivity contribution in [2.45, 2.75) is 32.1 Å². The number of aryl methyl sites for hydroxylation is 2.